The van der Waals surface area contributed by atoms with Crippen molar-refractivity contribution in [2.75, 3.05) is 5.32 Å². The number of hydrogen-bond donors (Lipinski definition) is 1. The predicted molar refractivity (Wildman–Crippen MR) is 94.4 cm³/mol. The molecule has 3 rings (SSSR count). The normalized spacial score (nSPS) is 13.6. The number of aromatic nitrogens is 4. The molecule has 0 radical (unpaired) electrons. The van der Waals surface area contributed by atoms with Crippen LogP contribution in [0.1, 0.15) is 38.1 Å². The quantitative estimate of drug-likeness (QED) is 0.648. The first kappa shape index (κ1) is 19.8. The Balaban J connectivity index is 1.99. The van der Waals surface area contributed by atoms with Crippen molar-refractivity contribution in [3.8, 4) is 5.75 Å². The number of ether oxygens (including phenoxy) is 1. The number of nitrogens with one attached hydrogen (secondary N) is 1. The van der Waals surface area contributed by atoms with Crippen LogP contribution in [0.3, 0.4) is 0 Å². The third-order valence-corrected chi connectivity index (χ3v) is 4.05. The van der Waals surface area contributed by atoms with Crippen LogP contribution in [0.15, 0.2) is 30.6 Å². The Kier molecular flexibility index (Phi) is 4.90. The van der Waals surface area contributed by atoms with Gasteiger partial charge in [0.25, 0.3) is 5.78 Å². The summed E-state index contributed by atoms with van der Waals surface area (Å²) >= 11 is 0. The zero-order valence-electron chi connectivity index (χ0n) is 15.7. The minimum atomic E-state index is -4.96. The predicted octanol–water partition coefficient (Wildman–Crippen LogP) is 4.67. The van der Waals surface area contributed by atoms with E-state index in [1.807, 2.05) is 20.8 Å². The largest absolute Gasteiger partial charge is 0.573 e. The van der Waals surface area contributed by atoms with Crippen molar-refractivity contribution in [3.05, 3.63) is 47.7 Å². The third kappa shape index (κ3) is 4.32. The summed E-state index contributed by atoms with van der Waals surface area (Å²) in [7, 11) is 0. The van der Waals surface area contributed by atoms with Crippen molar-refractivity contribution in [3.63, 3.8) is 0 Å². The van der Waals surface area contributed by atoms with E-state index in [1.165, 1.54) is 16.9 Å². The molecule has 0 aliphatic rings. The molecule has 6 nitrogen and oxygen atoms in total. The van der Waals surface area contributed by atoms with Crippen molar-refractivity contribution >= 4 is 11.6 Å². The molecular weight excluding hydrogens is 378 g/mol. The molecule has 0 spiro atoms. The van der Waals surface area contributed by atoms with Crippen molar-refractivity contribution in [2.24, 2.45) is 5.41 Å². The fraction of sp³-hybridized carbons (Fsp3) is 0.389. The Labute approximate surface area is 158 Å². The standard InChI is InChI=1S/C18H19F4N5O/c1-10-7-14(27-16(25-10)23-9-24-27)26-15(17(2,3)4)11-5-6-13(12(19)8-11)28-18(20,21)22/h5-9,15,26H,1-4H3. The molecule has 1 atom stereocenters. The number of benzene rings is 1. The summed E-state index contributed by atoms with van der Waals surface area (Å²) in [5, 5.41) is 7.41. The fourth-order valence-electron chi connectivity index (χ4n) is 2.89. The smallest absolute Gasteiger partial charge is 0.403 e. The number of anilines is 1. The van der Waals surface area contributed by atoms with Gasteiger partial charge in [-0.25, -0.2) is 9.37 Å². The highest BCUT2D eigenvalue weighted by Crippen LogP contribution is 2.38. The zero-order chi connectivity index (χ0) is 20.7. The summed E-state index contributed by atoms with van der Waals surface area (Å²) in [4.78, 5) is 8.32. The van der Waals surface area contributed by atoms with Gasteiger partial charge < -0.3 is 10.1 Å². The second-order valence-corrected chi connectivity index (χ2v) is 7.44. The van der Waals surface area contributed by atoms with Crippen molar-refractivity contribution in [1.29, 1.82) is 0 Å². The lowest BCUT2D eigenvalue weighted by molar-refractivity contribution is -0.275. The lowest BCUT2D eigenvalue weighted by Crippen LogP contribution is -2.27. The Morgan fingerprint density at radius 2 is 1.86 bits per heavy atom. The molecule has 0 saturated heterocycles. The number of fused-ring (bicyclic) bond motifs is 1. The lowest BCUT2D eigenvalue weighted by Gasteiger charge is -2.33. The van der Waals surface area contributed by atoms with Gasteiger partial charge in [-0.15, -0.1) is 13.2 Å². The van der Waals surface area contributed by atoms with Gasteiger partial charge in [0.1, 0.15) is 12.1 Å². The maximum Gasteiger partial charge on any atom is 0.573 e. The maximum absolute atomic E-state index is 14.2. The van der Waals surface area contributed by atoms with Crippen LogP contribution in [0.25, 0.3) is 5.78 Å². The first-order valence-electron chi connectivity index (χ1n) is 8.43. The number of hydrogen-bond acceptors (Lipinski definition) is 5. The summed E-state index contributed by atoms with van der Waals surface area (Å²) < 4.78 is 56.6. The van der Waals surface area contributed by atoms with E-state index in [0.29, 0.717) is 22.9 Å². The molecule has 2 aromatic heterocycles. The second kappa shape index (κ2) is 6.92. The Morgan fingerprint density at radius 3 is 2.46 bits per heavy atom. The van der Waals surface area contributed by atoms with Gasteiger partial charge in [-0.2, -0.15) is 14.6 Å². The molecule has 0 aliphatic carbocycles. The molecule has 0 bridgehead atoms. The van der Waals surface area contributed by atoms with Crippen molar-refractivity contribution in [1.82, 2.24) is 19.6 Å². The van der Waals surface area contributed by atoms with Gasteiger partial charge in [-0.1, -0.05) is 26.8 Å². The summed E-state index contributed by atoms with van der Waals surface area (Å²) in [6, 6.07) is 4.73. The molecule has 2 heterocycles. The Morgan fingerprint density at radius 1 is 1.14 bits per heavy atom. The molecule has 150 valence electrons. The average Bonchev–Trinajstić information content (AvgIpc) is 3.00. The van der Waals surface area contributed by atoms with E-state index in [0.717, 1.165) is 12.1 Å². The number of halogens is 4. The van der Waals surface area contributed by atoms with Crippen molar-refractivity contribution in [2.45, 2.75) is 40.1 Å². The Bertz CT molecular complexity index is 994. The molecule has 1 N–H and O–H groups in total. The molecule has 0 aliphatic heterocycles. The second-order valence-electron chi connectivity index (χ2n) is 7.44. The molecule has 3 aromatic rings. The van der Waals surface area contributed by atoms with Gasteiger partial charge >= 0.3 is 6.36 Å². The van der Waals surface area contributed by atoms with Gasteiger partial charge in [0.15, 0.2) is 11.6 Å². The van der Waals surface area contributed by atoms with Gasteiger partial charge in [-0.05, 0) is 30.0 Å². The molecule has 0 saturated carbocycles. The van der Waals surface area contributed by atoms with Crippen LogP contribution < -0.4 is 10.1 Å². The molecule has 1 unspecified atom stereocenters. The number of rotatable bonds is 4. The molecule has 10 heteroatoms. The first-order chi connectivity index (χ1) is 12.9. The third-order valence-electron chi connectivity index (χ3n) is 4.05. The Hall–Kier alpha value is -2.91. The van der Waals surface area contributed by atoms with Crippen LogP contribution in [-0.4, -0.2) is 25.9 Å². The minimum absolute atomic E-state index is 0.398. The van der Waals surface area contributed by atoms with E-state index >= 15 is 0 Å². The van der Waals surface area contributed by atoms with Gasteiger partial charge in [-0.3, -0.25) is 0 Å². The maximum atomic E-state index is 14.2. The molecular formula is C18H19F4N5O. The highest BCUT2D eigenvalue weighted by molar-refractivity contribution is 5.47. The minimum Gasteiger partial charge on any atom is -0.403 e. The highest BCUT2D eigenvalue weighted by atomic mass is 19.4. The summed E-state index contributed by atoms with van der Waals surface area (Å²) in [5.41, 5.74) is 0.751. The van der Waals surface area contributed by atoms with Crippen LogP contribution >= 0.6 is 0 Å². The van der Waals surface area contributed by atoms with Crippen LogP contribution in [-0.2, 0) is 0 Å². The van der Waals surface area contributed by atoms with Crippen LogP contribution in [0.2, 0.25) is 0 Å². The first-order valence-corrected chi connectivity index (χ1v) is 8.43. The summed E-state index contributed by atoms with van der Waals surface area (Å²) in [5.74, 6) is -0.990. The van der Waals surface area contributed by atoms with Gasteiger partial charge in [0.2, 0.25) is 0 Å². The van der Waals surface area contributed by atoms with Crippen LogP contribution in [0, 0.1) is 18.2 Å². The monoisotopic (exact) mass is 397 g/mol. The van der Waals surface area contributed by atoms with E-state index < -0.39 is 29.4 Å². The summed E-state index contributed by atoms with van der Waals surface area (Å²) in [6.45, 7) is 7.58. The van der Waals surface area contributed by atoms with E-state index in [-0.39, 0.29) is 0 Å². The fourth-order valence-corrected chi connectivity index (χ4v) is 2.89. The average molecular weight is 397 g/mol. The van der Waals surface area contributed by atoms with E-state index in [4.69, 9.17) is 0 Å². The lowest BCUT2D eigenvalue weighted by atomic mass is 9.82. The molecule has 0 fully saturated rings. The number of nitrogens with zero attached hydrogens (tertiary/aromatic N) is 4. The van der Waals surface area contributed by atoms with Gasteiger partial charge in [0, 0.05) is 11.8 Å². The SMILES string of the molecule is Cc1cc(NC(c2ccc(OC(F)(F)F)c(F)c2)C(C)(C)C)n2ncnc2n1. The van der Waals surface area contributed by atoms with Crippen molar-refractivity contribution < 1.29 is 22.3 Å². The highest BCUT2D eigenvalue weighted by Gasteiger charge is 2.33. The molecule has 0 amide bonds. The van der Waals surface area contributed by atoms with E-state index in [2.05, 4.69) is 25.1 Å². The zero-order valence-corrected chi connectivity index (χ0v) is 15.7. The molecule has 28 heavy (non-hydrogen) atoms. The van der Waals surface area contributed by atoms with Crippen LogP contribution in [0.4, 0.5) is 23.4 Å². The molecule has 1 aromatic carbocycles. The topological polar surface area (TPSA) is 64.3 Å². The van der Waals surface area contributed by atoms with E-state index in [1.54, 1.807) is 13.0 Å². The number of alkyl halides is 3. The van der Waals surface area contributed by atoms with E-state index in [9.17, 15) is 17.6 Å². The number of aryl methyl sites for hydroxylation is 1. The summed E-state index contributed by atoms with van der Waals surface area (Å²) in [6.07, 6.45) is -3.60. The van der Waals surface area contributed by atoms with Crippen LogP contribution in [0.5, 0.6) is 5.75 Å². The van der Waals surface area contributed by atoms with Gasteiger partial charge in [0.05, 0.1) is 6.04 Å².